The van der Waals surface area contributed by atoms with E-state index >= 15 is 0 Å². The third-order valence-electron chi connectivity index (χ3n) is 4.51. The van der Waals surface area contributed by atoms with Crippen molar-refractivity contribution in [3.8, 4) is 5.75 Å². The highest BCUT2D eigenvalue weighted by Crippen LogP contribution is 2.16. The average molecular weight is 376 g/mol. The summed E-state index contributed by atoms with van der Waals surface area (Å²) in [6.45, 7) is 5.37. The number of nitrogens with one attached hydrogen (secondary N) is 1. The van der Waals surface area contributed by atoms with Gasteiger partial charge >= 0.3 is 6.16 Å². The summed E-state index contributed by atoms with van der Waals surface area (Å²) in [5, 5.41) is 3.01. The van der Waals surface area contributed by atoms with E-state index in [0.29, 0.717) is 30.8 Å². The van der Waals surface area contributed by atoms with Gasteiger partial charge in [0.25, 0.3) is 5.91 Å². The van der Waals surface area contributed by atoms with Crippen molar-refractivity contribution in [3.05, 3.63) is 29.8 Å². The molecule has 1 aliphatic rings. The van der Waals surface area contributed by atoms with E-state index < -0.39 is 6.16 Å². The zero-order valence-corrected chi connectivity index (χ0v) is 16.0. The Hall–Kier alpha value is -2.57. The summed E-state index contributed by atoms with van der Waals surface area (Å²) in [5.41, 5.74) is 0.493. The number of carbonyl (C=O) groups is 3. The molecule has 1 fully saturated rings. The molecule has 2 amide bonds. The van der Waals surface area contributed by atoms with Gasteiger partial charge in [-0.1, -0.05) is 13.3 Å². The molecule has 1 aromatic carbocycles. The van der Waals surface area contributed by atoms with Crippen molar-refractivity contribution >= 4 is 18.0 Å². The lowest BCUT2D eigenvalue weighted by atomic mass is 10.0. The topological polar surface area (TPSA) is 84.9 Å². The fraction of sp³-hybridized carbons (Fsp3) is 0.550. The number of hydrogen-bond acceptors (Lipinski definition) is 5. The Balaban J connectivity index is 1.79. The van der Waals surface area contributed by atoms with Crippen LogP contribution in [0.1, 0.15) is 56.3 Å². The third kappa shape index (κ3) is 6.58. The molecule has 0 atom stereocenters. The highest BCUT2D eigenvalue weighted by atomic mass is 16.7. The monoisotopic (exact) mass is 376 g/mol. The predicted octanol–water partition coefficient (Wildman–Crippen LogP) is 3.13. The molecule has 7 heteroatoms. The van der Waals surface area contributed by atoms with E-state index in [9.17, 15) is 14.4 Å². The Kier molecular flexibility index (Phi) is 8.10. The molecular formula is C20H28N2O5. The number of hydrogen-bond donors (Lipinski definition) is 1. The Morgan fingerprint density at radius 2 is 1.78 bits per heavy atom. The summed E-state index contributed by atoms with van der Waals surface area (Å²) in [4.78, 5) is 37.6. The second-order valence-corrected chi connectivity index (χ2v) is 6.54. The molecule has 27 heavy (non-hydrogen) atoms. The van der Waals surface area contributed by atoms with E-state index in [0.717, 1.165) is 25.7 Å². The highest BCUT2D eigenvalue weighted by molar-refractivity contribution is 5.94. The van der Waals surface area contributed by atoms with Crippen LogP contribution >= 0.6 is 0 Å². The molecular weight excluding hydrogens is 348 g/mol. The minimum atomic E-state index is -0.769. The average Bonchev–Trinajstić information content (AvgIpc) is 2.67. The molecule has 1 saturated heterocycles. The second-order valence-electron chi connectivity index (χ2n) is 6.54. The first kappa shape index (κ1) is 20.7. The fourth-order valence-corrected chi connectivity index (χ4v) is 2.95. The molecule has 0 aliphatic carbocycles. The van der Waals surface area contributed by atoms with Crippen molar-refractivity contribution in [2.45, 2.75) is 52.0 Å². The smallest absolute Gasteiger partial charge is 0.434 e. The normalized spacial score (nSPS) is 14.5. The number of rotatable bonds is 7. The van der Waals surface area contributed by atoms with Crippen LogP contribution in [0.25, 0.3) is 0 Å². The summed E-state index contributed by atoms with van der Waals surface area (Å²) in [7, 11) is 0. The lowest BCUT2D eigenvalue weighted by Crippen LogP contribution is -2.46. The summed E-state index contributed by atoms with van der Waals surface area (Å²) in [6, 6.07) is 6.38. The van der Waals surface area contributed by atoms with E-state index in [-0.39, 0.29) is 24.5 Å². The first-order valence-electron chi connectivity index (χ1n) is 9.56. The molecule has 0 radical (unpaired) electrons. The molecule has 2 rings (SSSR count). The van der Waals surface area contributed by atoms with Crippen LogP contribution in [0.15, 0.2) is 24.3 Å². The van der Waals surface area contributed by atoms with Crippen LogP contribution in [0.4, 0.5) is 4.79 Å². The van der Waals surface area contributed by atoms with Crippen molar-refractivity contribution in [2.75, 3.05) is 19.7 Å². The number of carbonyl (C=O) groups excluding carboxylic acids is 3. The number of piperidine rings is 1. The third-order valence-corrected chi connectivity index (χ3v) is 4.51. The molecule has 0 spiro atoms. The fourth-order valence-electron chi connectivity index (χ4n) is 2.95. The van der Waals surface area contributed by atoms with Gasteiger partial charge in [-0.25, -0.2) is 4.79 Å². The van der Waals surface area contributed by atoms with Gasteiger partial charge < -0.3 is 19.7 Å². The zero-order valence-electron chi connectivity index (χ0n) is 16.0. The van der Waals surface area contributed by atoms with Crippen molar-refractivity contribution < 1.29 is 23.9 Å². The summed E-state index contributed by atoms with van der Waals surface area (Å²) in [5.74, 6) is 0.358. The van der Waals surface area contributed by atoms with Crippen molar-refractivity contribution in [1.29, 1.82) is 0 Å². The van der Waals surface area contributed by atoms with Gasteiger partial charge in [0.05, 0.1) is 6.61 Å². The van der Waals surface area contributed by atoms with Gasteiger partial charge in [0, 0.05) is 31.1 Å². The van der Waals surface area contributed by atoms with E-state index in [2.05, 4.69) is 12.2 Å². The number of amides is 2. The van der Waals surface area contributed by atoms with Gasteiger partial charge in [-0.3, -0.25) is 9.59 Å². The summed E-state index contributed by atoms with van der Waals surface area (Å²) >= 11 is 0. The molecule has 0 bridgehead atoms. The summed E-state index contributed by atoms with van der Waals surface area (Å²) < 4.78 is 9.67. The van der Waals surface area contributed by atoms with Crippen molar-refractivity contribution in [2.24, 2.45) is 0 Å². The first-order chi connectivity index (χ1) is 13.0. The van der Waals surface area contributed by atoms with Gasteiger partial charge in [-0.15, -0.1) is 0 Å². The van der Waals surface area contributed by atoms with Crippen molar-refractivity contribution in [3.63, 3.8) is 0 Å². The van der Waals surface area contributed by atoms with Crippen LogP contribution in [-0.4, -0.2) is 48.6 Å². The van der Waals surface area contributed by atoms with Gasteiger partial charge in [0.15, 0.2) is 0 Å². The number of nitrogens with zero attached hydrogens (tertiary/aromatic N) is 1. The quantitative estimate of drug-likeness (QED) is 0.584. The van der Waals surface area contributed by atoms with Crippen LogP contribution in [0.2, 0.25) is 0 Å². The Labute approximate surface area is 160 Å². The molecule has 0 unspecified atom stereocenters. The molecule has 1 aliphatic heterocycles. The number of benzene rings is 1. The molecule has 7 nitrogen and oxygen atoms in total. The van der Waals surface area contributed by atoms with Gasteiger partial charge in [-0.2, -0.15) is 0 Å². The van der Waals surface area contributed by atoms with E-state index in [1.165, 1.54) is 0 Å². The second kappa shape index (κ2) is 10.5. The maximum Gasteiger partial charge on any atom is 0.513 e. The molecule has 148 valence electrons. The van der Waals surface area contributed by atoms with E-state index in [4.69, 9.17) is 9.47 Å². The van der Waals surface area contributed by atoms with Crippen LogP contribution in [0, 0.1) is 0 Å². The van der Waals surface area contributed by atoms with Crippen LogP contribution in [0.3, 0.4) is 0 Å². The maximum atomic E-state index is 12.4. The molecule has 1 aromatic rings. The molecule has 1 heterocycles. The maximum absolute atomic E-state index is 12.4. The van der Waals surface area contributed by atoms with Gasteiger partial charge in [0.2, 0.25) is 5.91 Å². The number of likely N-dealkylation sites (tertiary alicyclic amines) is 1. The minimum absolute atomic E-state index is 0.0585. The largest absolute Gasteiger partial charge is 0.513 e. The SMILES string of the molecule is CCCCC(=O)N1CCC(NC(=O)c2ccc(OC(=O)OCC)cc2)CC1. The first-order valence-corrected chi connectivity index (χ1v) is 9.56. The molecule has 0 saturated carbocycles. The van der Waals surface area contributed by atoms with Crippen molar-refractivity contribution in [1.82, 2.24) is 10.2 Å². The van der Waals surface area contributed by atoms with Gasteiger partial charge in [0.1, 0.15) is 5.75 Å². The molecule has 0 aromatic heterocycles. The predicted molar refractivity (Wildman–Crippen MR) is 101 cm³/mol. The Morgan fingerprint density at radius 3 is 2.37 bits per heavy atom. The number of unbranched alkanes of at least 4 members (excludes halogenated alkanes) is 1. The lowest BCUT2D eigenvalue weighted by molar-refractivity contribution is -0.132. The Morgan fingerprint density at radius 1 is 1.11 bits per heavy atom. The van der Waals surface area contributed by atoms with E-state index in [1.54, 1.807) is 31.2 Å². The van der Waals surface area contributed by atoms with Crippen LogP contribution in [0.5, 0.6) is 5.75 Å². The highest BCUT2D eigenvalue weighted by Gasteiger charge is 2.23. The number of ether oxygens (including phenoxy) is 2. The minimum Gasteiger partial charge on any atom is -0.434 e. The molecule has 1 N–H and O–H groups in total. The zero-order chi connectivity index (χ0) is 19.6. The summed E-state index contributed by atoms with van der Waals surface area (Å²) in [6.07, 6.45) is 3.29. The Bertz CT molecular complexity index is 636. The van der Waals surface area contributed by atoms with Crippen LogP contribution in [-0.2, 0) is 9.53 Å². The lowest BCUT2D eigenvalue weighted by Gasteiger charge is -2.32. The van der Waals surface area contributed by atoms with Crippen LogP contribution < -0.4 is 10.1 Å². The standard InChI is InChI=1S/C20H28N2O5/c1-3-5-6-18(23)22-13-11-16(12-14-22)21-19(24)15-7-9-17(10-8-15)27-20(25)26-4-2/h7-10,16H,3-6,11-14H2,1-2H3,(H,21,24). The van der Waals surface area contributed by atoms with Gasteiger partial charge in [-0.05, 0) is 50.5 Å². The van der Waals surface area contributed by atoms with E-state index in [1.807, 2.05) is 4.90 Å².